The Labute approximate surface area is 406 Å². The number of nitrogens with one attached hydrogen (secondary N) is 1. The van der Waals surface area contributed by atoms with Crippen molar-refractivity contribution in [3.8, 4) is 5.75 Å². The zero-order valence-corrected chi connectivity index (χ0v) is 38.6. The van der Waals surface area contributed by atoms with Crippen molar-refractivity contribution >= 4 is 119 Å². The topological polar surface area (TPSA) is 329 Å². The quantitative estimate of drug-likeness (QED) is 0.0814. The van der Waals surface area contributed by atoms with E-state index in [4.69, 9.17) is 23.2 Å². The molecule has 2 N–H and O–H groups in total. The molecule has 0 saturated carbocycles. The van der Waals surface area contributed by atoms with E-state index in [0.717, 1.165) is 30.3 Å². The molecule has 0 radical (unpaired) electrons. The second kappa shape index (κ2) is 19.1. The van der Waals surface area contributed by atoms with E-state index in [2.05, 4.69) is 25.5 Å². The summed E-state index contributed by atoms with van der Waals surface area (Å²) >= 11 is 11.8. The number of azo groups is 1. The van der Waals surface area contributed by atoms with Gasteiger partial charge in [-0.2, -0.15) is 0 Å². The Hall–Kier alpha value is -1.76. The molecule has 0 aliphatic carbocycles. The van der Waals surface area contributed by atoms with E-state index in [1.807, 2.05) is 0 Å². The number of nitrogens with zero attached hydrogens (tertiary/aromatic N) is 4. The normalized spacial score (nSPS) is 12.0. The van der Waals surface area contributed by atoms with Crippen LogP contribution in [0.3, 0.4) is 0 Å². The van der Waals surface area contributed by atoms with Gasteiger partial charge in [0.25, 0.3) is 5.91 Å². The number of phenols is 1. The van der Waals surface area contributed by atoms with Crippen LogP contribution in [0, 0.1) is 0 Å². The number of hydrogen-bond donors (Lipinski definition) is 2. The molecule has 58 heavy (non-hydrogen) atoms. The maximum absolute atomic E-state index is 13.4. The minimum atomic E-state index is -5.69. The average Bonchev–Trinajstić information content (AvgIpc) is 3.05. The molecular formula is C29H13Cl2Li2N5Na2O14S4. The van der Waals surface area contributed by atoms with Crippen LogP contribution in [-0.4, -0.2) is 72.9 Å². The largest absolute Gasteiger partial charge is 1.00 e. The minimum Gasteiger partial charge on any atom is -0.744 e. The van der Waals surface area contributed by atoms with Gasteiger partial charge in [0.05, 0.1) is 36.3 Å². The van der Waals surface area contributed by atoms with Gasteiger partial charge in [-0.1, -0.05) is 41.4 Å². The van der Waals surface area contributed by atoms with Gasteiger partial charge in [0.2, 0.25) is 0 Å². The molecule has 0 aliphatic rings. The standard InChI is InChI=1S/C29H17Cl2N5O14S4.2Li.2Na/c30-27-28(31)33-19-9-12(4-6-17(19)32-27)29(38)34-20-11-14(51(39,40)41)8-13-10-22(53(45,46)47)24(25(37)23(13)20)36-35-18-7-5-15-16(26(18)54(48,49)50)2-1-3-21(15)52(42,43)44;;;;/h1-11,37H,(H,34,38)(H,39,40,41)(H,42,43,44)(H,45,46,47)(H,48,49,50);;;;/q;4*+1/p-4. The Morgan fingerprint density at radius 1 is 0.672 bits per heavy atom. The maximum Gasteiger partial charge on any atom is 1.00 e. The molecule has 0 spiro atoms. The number of aromatic nitrogens is 2. The van der Waals surface area contributed by atoms with Crippen LogP contribution < -0.4 is 102 Å². The van der Waals surface area contributed by atoms with E-state index in [1.165, 1.54) is 18.2 Å². The van der Waals surface area contributed by atoms with Crippen molar-refractivity contribution in [3.05, 3.63) is 82.6 Å². The predicted molar refractivity (Wildman–Crippen MR) is 183 cm³/mol. The van der Waals surface area contributed by atoms with Crippen LogP contribution in [0.5, 0.6) is 5.75 Å². The molecule has 1 heterocycles. The summed E-state index contributed by atoms with van der Waals surface area (Å²) in [6.07, 6.45) is 0. The molecule has 19 nitrogen and oxygen atoms in total. The number of anilines is 1. The van der Waals surface area contributed by atoms with Crippen molar-refractivity contribution in [3.63, 3.8) is 0 Å². The van der Waals surface area contributed by atoms with E-state index < -0.39 is 110 Å². The van der Waals surface area contributed by atoms with Gasteiger partial charge >= 0.3 is 96.8 Å². The molecule has 0 fully saturated rings. The molecular weight excluding hydrogens is 901 g/mol. The Balaban J connectivity index is 0.00000290. The van der Waals surface area contributed by atoms with Gasteiger partial charge in [-0.05, 0) is 53.9 Å². The predicted octanol–water partition coefficient (Wildman–Crippen LogP) is -7.75. The van der Waals surface area contributed by atoms with Gasteiger partial charge in [-0.3, -0.25) is 4.79 Å². The first-order chi connectivity index (χ1) is 24.9. The summed E-state index contributed by atoms with van der Waals surface area (Å²) in [4.78, 5) is 16.8. The number of rotatable bonds is 8. The third-order valence-corrected chi connectivity index (χ3v) is 11.6. The number of aromatic hydroxyl groups is 1. The summed E-state index contributed by atoms with van der Waals surface area (Å²) in [5, 5.41) is 18.0. The first kappa shape index (κ1) is 52.4. The fraction of sp³-hybridized carbons (Fsp3) is 0. The zero-order valence-electron chi connectivity index (χ0n) is 29.8. The average molecular weight is 914 g/mol. The van der Waals surface area contributed by atoms with Crippen LogP contribution >= 0.6 is 23.2 Å². The van der Waals surface area contributed by atoms with E-state index in [1.54, 1.807) is 0 Å². The SMILES string of the molecule is O=C(Nc1cc(S(=O)(=O)[O-])cc2cc(S(=O)(=O)[O-])c(N=Nc3ccc4c(S(=O)(=O)[O-])cccc4c3S(=O)(=O)[O-])c(O)c12)c1ccc2nc(Cl)c(Cl)nc2c1.[Li+].[Li+].[Na+].[Na+]. The van der Waals surface area contributed by atoms with Crippen molar-refractivity contribution in [2.75, 3.05) is 5.32 Å². The molecule has 6 rings (SSSR count). The van der Waals surface area contributed by atoms with Gasteiger partial charge in [0, 0.05) is 21.7 Å². The van der Waals surface area contributed by atoms with Gasteiger partial charge in [0.15, 0.2) is 16.1 Å². The summed E-state index contributed by atoms with van der Waals surface area (Å²) < 4.78 is 146. The van der Waals surface area contributed by atoms with Crippen molar-refractivity contribution in [1.82, 2.24) is 9.97 Å². The molecule has 0 bridgehead atoms. The van der Waals surface area contributed by atoms with Crippen LogP contribution in [0.25, 0.3) is 32.6 Å². The number of hydrogen-bond acceptors (Lipinski definition) is 18. The van der Waals surface area contributed by atoms with Crippen molar-refractivity contribution in [1.29, 1.82) is 0 Å². The Morgan fingerprint density at radius 2 is 1.28 bits per heavy atom. The monoisotopic (exact) mass is 913 g/mol. The molecule has 280 valence electrons. The van der Waals surface area contributed by atoms with Gasteiger partial charge < -0.3 is 28.6 Å². The van der Waals surface area contributed by atoms with Crippen LogP contribution in [0.4, 0.5) is 17.1 Å². The van der Waals surface area contributed by atoms with Crippen LogP contribution in [-0.2, 0) is 40.5 Å². The fourth-order valence-electron chi connectivity index (χ4n) is 5.29. The first-order valence-corrected chi connectivity index (χ1v) is 20.4. The third kappa shape index (κ3) is 10.8. The first-order valence-electron chi connectivity index (χ1n) is 14.0. The molecule has 29 heteroatoms. The second-order valence-electron chi connectivity index (χ2n) is 10.9. The minimum absolute atomic E-state index is 0. The molecule has 1 amide bonds. The number of fused-ring (bicyclic) bond motifs is 3. The number of phenolic OH excluding ortho intramolecular Hbond substituents is 1. The van der Waals surface area contributed by atoms with Crippen molar-refractivity contribution in [2.24, 2.45) is 10.2 Å². The van der Waals surface area contributed by atoms with E-state index >= 15 is 0 Å². The number of halogens is 2. The molecule has 0 unspecified atom stereocenters. The summed E-state index contributed by atoms with van der Waals surface area (Å²) in [6, 6.07) is 9.74. The Bertz CT molecular complexity index is 3170. The maximum atomic E-state index is 13.4. The second-order valence-corrected chi connectivity index (χ2v) is 17.0. The molecule has 0 atom stereocenters. The van der Waals surface area contributed by atoms with Gasteiger partial charge in [-0.15, -0.1) is 10.2 Å². The van der Waals surface area contributed by atoms with E-state index in [0.29, 0.717) is 18.2 Å². The summed E-state index contributed by atoms with van der Waals surface area (Å²) in [5.74, 6) is -2.32. The molecule has 0 saturated heterocycles. The van der Waals surface area contributed by atoms with E-state index in [9.17, 15) is 61.8 Å². The van der Waals surface area contributed by atoms with Crippen LogP contribution in [0.15, 0.2) is 96.5 Å². The Kier molecular flexibility index (Phi) is 17.3. The number of carbonyl (C=O) groups excluding carboxylic acids is 1. The molecule has 0 aliphatic heterocycles. The Morgan fingerprint density at radius 3 is 1.84 bits per heavy atom. The van der Waals surface area contributed by atoms with E-state index in [-0.39, 0.29) is 124 Å². The summed E-state index contributed by atoms with van der Waals surface area (Å²) in [7, 11) is -21.9. The molecule has 1 aromatic heterocycles. The summed E-state index contributed by atoms with van der Waals surface area (Å²) in [5.41, 5.74) is -2.64. The summed E-state index contributed by atoms with van der Waals surface area (Å²) in [6.45, 7) is 0. The van der Waals surface area contributed by atoms with Crippen LogP contribution in [0.2, 0.25) is 10.3 Å². The smallest absolute Gasteiger partial charge is 0.744 e. The third-order valence-electron chi connectivity index (χ3n) is 7.50. The van der Waals surface area contributed by atoms with Crippen molar-refractivity contribution < 1.29 is 159 Å². The van der Waals surface area contributed by atoms with Gasteiger partial charge in [0.1, 0.15) is 51.8 Å². The molecule has 6 aromatic rings. The number of amides is 1. The number of carbonyl (C=O) groups is 1. The van der Waals surface area contributed by atoms with Crippen molar-refractivity contribution in [2.45, 2.75) is 19.6 Å². The molecule has 5 aromatic carbocycles. The fourth-order valence-corrected chi connectivity index (χ4v) is 8.24. The zero-order chi connectivity index (χ0) is 39.7. The van der Waals surface area contributed by atoms with Crippen LogP contribution in [0.1, 0.15) is 10.4 Å². The van der Waals surface area contributed by atoms with Gasteiger partial charge in [-0.25, -0.2) is 43.6 Å². The number of benzene rings is 5.